The highest BCUT2D eigenvalue weighted by molar-refractivity contribution is 6.85. The van der Waals surface area contributed by atoms with Crippen molar-refractivity contribution in [2.45, 2.75) is 102 Å². The third kappa shape index (κ3) is 7.82. The maximum Gasteiger partial charge on any atom is 0.204 e. The third-order valence-corrected chi connectivity index (χ3v) is 11.6. The van der Waals surface area contributed by atoms with Crippen LogP contribution in [0.4, 0.5) is 0 Å². The first-order valence-corrected chi connectivity index (χ1v) is 16.3. The van der Waals surface area contributed by atoms with Gasteiger partial charge in [0.15, 0.2) is 8.32 Å². The second kappa shape index (κ2) is 9.13. The number of hydrogen-bond donors (Lipinski definition) is 2. The zero-order valence-corrected chi connectivity index (χ0v) is 18.0. The number of hydrogen-bond acceptors (Lipinski definition) is 3. The molecule has 0 aromatic heterocycles. The lowest BCUT2D eigenvalue weighted by molar-refractivity contribution is 0.369. The molecule has 0 atom stereocenters. The van der Waals surface area contributed by atoms with Gasteiger partial charge in [-0.1, -0.05) is 38.5 Å². The Labute approximate surface area is 146 Å². The summed E-state index contributed by atoms with van der Waals surface area (Å²) >= 11 is 0. The molecule has 0 amide bonds. The quantitative estimate of drug-likeness (QED) is 0.635. The first-order chi connectivity index (χ1) is 10.9. The predicted octanol–water partition coefficient (Wildman–Crippen LogP) is 4.34. The Morgan fingerprint density at radius 3 is 1.43 bits per heavy atom. The van der Waals surface area contributed by atoms with Crippen LogP contribution in [0.1, 0.15) is 64.2 Å². The van der Waals surface area contributed by atoms with Gasteiger partial charge in [-0.25, -0.2) is 0 Å². The lowest BCUT2D eigenvalue weighted by Gasteiger charge is -2.38. The first-order valence-electron chi connectivity index (χ1n) is 10.0. The standard InChI is InChI=1S/C18H40N2OSi2/c1-22(2,3)21-23(4,15-19-17-11-7-5-8-12-17)16-20-18-13-9-6-10-14-18/h17-20H,5-16H2,1-4H3. The zero-order valence-electron chi connectivity index (χ0n) is 16.0. The predicted molar refractivity (Wildman–Crippen MR) is 106 cm³/mol. The van der Waals surface area contributed by atoms with Gasteiger partial charge in [-0.15, -0.1) is 0 Å². The van der Waals surface area contributed by atoms with E-state index < -0.39 is 16.6 Å². The highest BCUT2D eigenvalue weighted by Gasteiger charge is 2.35. The summed E-state index contributed by atoms with van der Waals surface area (Å²) in [5.74, 6) is 0. The fraction of sp³-hybridized carbons (Fsp3) is 1.00. The molecule has 2 aliphatic carbocycles. The molecule has 2 aliphatic rings. The maximum absolute atomic E-state index is 6.76. The molecule has 0 aliphatic heterocycles. The average Bonchev–Trinajstić information content (AvgIpc) is 2.52. The summed E-state index contributed by atoms with van der Waals surface area (Å²) < 4.78 is 6.76. The SMILES string of the molecule is C[Si](C)(C)O[Si](C)(CNC1CCCCC1)CNC1CCCCC1. The molecule has 3 nitrogen and oxygen atoms in total. The normalized spacial score (nSPS) is 22.4. The molecule has 0 saturated heterocycles. The zero-order chi connectivity index (χ0) is 16.8. The van der Waals surface area contributed by atoms with Crippen molar-refractivity contribution in [3.05, 3.63) is 0 Å². The van der Waals surface area contributed by atoms with Crippen molar-refractivity contribution in [2.75, 3.05) is 12.3 Å². The highest BCUT2D eigenvalue weighted by atomic mass is 28.4. The number of nitrogens with one attached hydrogen (secondary N) is 2. The summed E-state index contributed by atoms with van der Waals surface area (Å²) in [5.41, 5.74) is 0. The minimum Gasteiger partial charge on any atom is -0.454 e. The van der Waals surface area contributed by atoms with Crippen LogP contribution >= 0.6 is 0 Å². The van der Waals surface area contributed by atoms with Crippen molar-refractivity contribution >= 4 is 16.6 Å². The molecule has 0 aromatic rings. The highest BCUT2D eigenvalue weighted by Crippen LogP contribution is 2.21. The van der Waals surface area contributed by atoms with Gasteiger partial charge in [0, 0.05) is 24.4 Å². The molecule has 2 N–H and O–H groups in total. The second-order valence-corrected chi connectivity index (χ2v) is 17.7. The summed E-state index contributed by atoms with van der Waals surface area (Å²) in [4.78, 5) is 0. The first kappa shape index (κ1) is 19.6. The van der Waals surface area contributed by atoms with Gasteiger partial charge in [0.05, 0.1) is 0 Å². The van der Waals surface area contributed by atoms with Gasteiger partial charge in [-0.2, -0.15) is 0 Å². The Balaban J connectivity index is 1.84. The molecule has 5 heteroatoms. The summed E-state index contributed by atoms with van der Waals surface area (Å²) in [5, 5.41) is 7.78. The van der Waals surface area contributed by atoms with Gasteiger partial charge in [0.1, 0.15) is 0 Å². The molecule has 0 spiro atoms. The second-order valence-electron chi connectivity index (χ2n) is 9.10. The smallest absolute Gasteiger partial charge is 0.204 e. The minimum absolute atomic E-state index is 0.746. The van der Waals surface area contributed by atoms with Crippen LogP contribution in [0.2, 0.25) is 26.2 Å². The monoisotopic (exact) mass is 356 g/mol. The average molecular weight is 357 g/mol. The van der Waals surface area contributed by atoms with Crippen molar-refractivity contribution in [1.82, 2.24) is 10.6 Å². The molecule has 0 unspecified atom stereocenters. The van der Waals surface area contributed by atoms with E-state index in [1.807, 2.05) is 0 Å². The van der Waals surface area contributed by atoms with Gasteiger partial charge in [0.2, 0.25) is 8.32 Å². The van der Waals surface area contributed by atoms with Gasteiger partial charge in [0.25, 0.3) is 0 Å². The molecule has 23 heavy (non-hydrogen) atoms. The van der Waals surface area contributed by atoms with Crippen molar-refractivity contribution in [3.63, 3.8) is 0 Å². The van der Waals surface area contributed by atoms with Crippen LogP contribution in [0.25, 0.3) is 0 Å². The lowest BCUT2D eigenvalue weighted by Crippen LogP contribution is -2.60. The molecule has 2 rings (SSSR count). The van der Waals surface area contributed by atoms with E-state index in [4.69, 9.17) is 4.12 Å². The van der Waals surface area contributed by atoms with Gasteiger partial charge < -0.3 is 14.7 Å². The van der Waals surface area contributed by atoms with Gasteiger partial charge >= 0.3 is 0 Å². The van der Waals surface area contributed by atoms with Crippen LogP contribution in [0.5, 0.6) is 0 Å². The van der Waals surface area contributed by atoms with Gasteiger partial charge in [-0.05, 0) is 51.9 Å². The van der Waals surface area contributed by atoms with E-state index in [0.717, 1.165) is 24.4 Å². The minimum atomic E-state index is -1.71. The Hall–Kier alpha value is 0.314. The maximum atomic E-state index is 6.76. The van der Waals surface area contributed by atoms with Crippen LogP contribution in [0, 0.1) is 0 Å². The van der Waals surface area contributed by atoms with Crippen LogP contribution in [0.3, 0.4) is 0 Å². The molecule has 2 saturated carbocycles. The molecular formula is C18H40N2OSi2. The fourth-order valence-corrected chi connectivity index (χ4v) is 12.3. The van der Waals surface area contributed by atoms with E-state index in [1.54, 1.807) is 0 Å². The van der Waals surface area contributed by atoms with E-state index >= 15 is 0 Å². The lowest BCUT2D eigenvalue weighted by atomic mass is 9.96. The Kier molecular flexibility index (Phi) is 7.80. The van der Waals surface area contributed by atoms with E-state index in [0.29, 0.717) is 0 Å². The van der Waals surface area contributed by atoms with E-state index in [9.17, 15) is 0 Å². The van der Waals surface area contributed by atoms with E-state index in [2.05, 4.69) is 36.8 Å². The van der Waals surface area contributed by atoms with Crippen LogP contribution in [0.15, 0.2) is 0 Å². The van der Waals surface area contributed by atoms with Crippen LogP contribution < -0.4 is 10.6 Å². The molecule has 0 bridgehead atoms. The summed E-state index contributed by atoms with van der Waals surface area (Å²) in [6, 6.07) is 1.49. The number of rotatable bonds is 8. The van der Waals surface area contributed by atoms with E-state index in [1.165, 1.54) is 64.2 Å². The van der Waals surface area contributed by atoms with E-state index in [-0.39, 0.29) is 0 Å². The third-order valence-electron chi connectivity index (χ3n) is 5.29. The summed E-state index contributed by atoms with van der Waals surface area (Å²) in [7, 11) is -3.20. The fourth-order valence-electron chi connectivity index (χ4n) is 4.21. The van der Waals surface area contributed by atoms with Crippen LogP contribution in [-0.4, -0.2) is 41.1 Å². The molecule has 0 radical (unpaired) electrons. The van der Waals surface area contributed by atoms with Gasteiger partial charge in [-0.3, -0.25) is 0 Å². The van der Waals surface area contributed by atoms with Crippen LogP contribution in [-0.2, 0) is 4.12 Å². The van der Waals surface area contributed by atoms with Crippen molar-refractivity contribution in [1.29, 1.82) is 0 Å². The largest absolute Gasteiger partial charge is 0.454 e. The Morgan fingerprint density at radius 1 is 0.696 bits per heavy atom. The topological polar surface area (TPSA) is 33.3 Å². The molecular weight excluding hydrogens is 316 g/mol. The molecule has 2 fully saturated rings. The van der Waals surface area contributed by atoms with Crippen molar-refractivity contribution in [2.24, 2.45) is 0 Å². The Morgan fingerprint density at radius 2 is 1.09 bits per heavy atom. The molecule has 0 aromatic carbocycles. The van der Waals surface area contributed by atoms with Crippen molar-refractivity contribution < 1.29 is 4.12 Å². The molecule has 0 heterocycles. The summed E-state index contributed by atoms with van der Waals surface area (Å²) in [6.45, 7) is 9.50. The molecule has 136 valence electrons. The summed E-state index contributed by atoms with van der Waals surface area (Å²) in [6.07, 6.45) is 16.2. The Bertz CT molecular complexity index is 312. The van der Waals surface area contributed by atoms with Crippen molar-refractivity contribution in [3.8, 4) is 0 Å².